The van der Waals surface area contributed by atoms with Gasteiger partial charge in [-0.1, -0.05) is 39.8 Å². The second-order valence-electron chi connectivity index (χ2n) is 6.62. The van der Waals surface area contributed by atoms with E-state index >= 15 is 0 Å². The monoisotopic (exact) mass is 274 g/mol. The number of hydrogen-bond acceptors (Lipinski definition) is 2. The Kier molecular flexibility index (Phi) is 4.19. The van der Waals surface area contributed by atoms with Crippen LogP contribution >= 0.6 is 0 Å². The largest absolute Gasteiger partial charge is 0.324 e. The smallest absolute Gasteiger partial charge is 0.244 e. The van der Waals surface area contributed by atoms with Gasteiger partial charge in [-0.3, -0.25) is 4.79 Å². The standard InChI is InChI=1S/C17H26N2O/c1-11(2)13-6-7-15(14(10-13)12(3)4)19-16(20)17(18)8-5-9-17/h6-7,10-12H,5,8-9,18H2,1-4H3,(H,19,20). The normalized spacial score (nSPS) is 17.1. The van der Waals surface area contributed by atoms with E-state index in [1.807, 2.05) is 6.07 Å². The molecule has 0 spiro atoms. The Bertz CT molecular complexity index is 502. The van der Waals surface area contributed by atoms with Gasteiger partial charge in [-0.2, -0.15) is 0 Å². The average molecular weight is 274 g/mol. The zero-order valence-electron chi connectivity index (χ0n) is 13.0. The fourth-order valence-electron chi connectivity index (χ4n) is 2.56. The van der Waals surface area contributed by atoms with Gasteiger partial charge in [0, 0.05) is 5.69 Å². The fraction of sp³-hybridized carbons (Fsp3) is 0.588. The maximum atomic E-state index is 12.3. The maximum absolute atomic E-state index is 12.3. The van der Waals surface area contributed by atoms with Crippen LogP contribution in [0.15, 0.2) is 18.2 Å². The summed E-state index contributed by atoms with van der Waals surface area (Å²) in [5, 5.41) is 3.04. The molecule has 0 saturated heterocycles. The lowest BCUT2D eigenvalue weighted by Crippen LogP contribution is -2.56. The Morgan fingerprint density at radius 2 is 1.85 bits per heavy atom. The van der Waals surface area contributed by atoms with E-state index in [-0.39, 0.29) is 5.91 Å². The van der Waals surface area contributed by atoms with Crippen molar-refractivity contribution in [1.82, 2.24) is 0 Å². The first kappa shape index (κ1) is 15.0. The first-order chi connectivity index (χ1) is 9.33. The second-order valence-corrected chi connectivity index (χ2v) is 6.62. The number of hydrogen-bond donors (Lipinski definition) is 2. The van der Waals surface area contributed by atoms with E-state index < -0.39 is 5.54 Å². The third-order valence-electron chi connectivity index (χ3n) is 4.31. The highest BCUT2D eigenvalue weighted by molar-refractivity contribution is 5.99. The summed E-state index contributed by atoms with van der Waals surface area (Å²) >= 11 is 0. The molecule has 3 N–H and O–H groups in total. The second kappa shape index (κ2) is 5.57. The number of benzene rings is 1. The van der Waals surface area contributed by atoms with Crippen molar-refractivity contribution >= 4 is 11.6 Å². The van der Waals surface area contributed by atoms with Gasteiger partial charge in [0.25, 0.3) is 0 Å². The Balaban J connectivity index is 2.24. The predicted molar refractivity (Wildman–Crippen MR) is 84.0 cm³/mol. The summed E-state index contributed by atoms with van der Waals surface area (Å²) in [4.78, 5) is 12.3. The molecule has 2 rings (SSSR count). The van der Waals surface area contributed by atoms with Crippen molar-refractivity contribution in [3.05, 3.63) is 29.3 Å². The Labute approximate surface area is 121 Å². The lowest BCUT2D eigenvalue weighted by Gasteiger charge is -2.36. The molecule has 0 unspecified atom stereocenters. The van der Waals surface area contributed by atoms with Crippen molar-refractivity contribution in [3.8, 4) is 0 Å². The van der Waals surface area contributed by atoms with Gasteiger partial charge >= 0.3 is 0 Å². The van der Waals surface area contributed by atoms with Crippen molar-refractivity contribution in [3.63, 3.8) is 0 Å². The molecule has 3 nitrogen and oxygen atoms in total. The van der Waals surface area contributed by atoms with Crippen LogP contribution in [0.1, 0.15) is 69.9 Å². The van der Waals surface area contributed by atoms with Gasteiger partial charge in [0.1, 0.15) is 0 Å². The molecule has 0 aromatic heterocycles. The van der Waals surface area contributed by atoms with Crippen molar-refractivity contribution in [2.45, 2.75) is 64.3 Å². The molecule has 1 fully saturated rings. The van der Waals surface area contributed by atoms with Crippen LogP contribution < -0.4 is 11.1 Å². The molecule has 1 aromatic rings. The molecule has 0 atom stereocenters. The topological polar surface area (TPSA) is 55.1 Å². The third kappa shape index (κ3) is 2.88. The van der Waals surface area contributed by atoms with E-state index in [0.29, 0.717) is 11.8 Å². The highest BCUT2D eigenvalue weighted by Crippen LogP contribution is 2.33. The Morgan fingerprint density at radius 1 is 1.20 bits per heavy atom. The van der Waals surface area contributed by atoms with Crippen LogP contribution in [-0.4, -0.2) is 11.4 Å². The third-order valence-corrected chi connectivity index (χ3v) is 4.31. The molecule has 110 valence electrons. The molecule has 0 radical (unpaired) electrons. The number of carbonyl (C=O) groups excluding carboxylic acids is 1. The van der Waals surface area contributed by atoms with Crippen LogP contribution in [0.25, 0.3) is 0 Å². The minimum Gasteiger partial charge on any atom is -0.324 e. The number of amides is 1. The molecular formula is C17H26N2O. The molecular weight excluding hydrogens is 248 g/mol. The lowest BCUT2D eigenvalue weighted by molar-refractivity contribution is -0.123. The van der Waals surface area contributed by atoms with Gasteiger partial charge in [0.2, 0.25) is 5.91 Å². The number of nitrogens with two attached hydrogens (primary N) is 1. The van der Waals surface area contributed by atoms with Gasteiger partial charge in [-0.25, -0.2) is 0 Å². The van der Waals surface area contributed by atoms with E-state index in [1.165, 1.54) is 11.1 Å². The number of anilines is 1. The summed E-state index contributed by atoms with van der Waals surface area (Å²) in [6.45, 7) is 8.66. The van der Waals surface area contributed by atoms with Gasteiger partial charge < -0.3 is 11.1 Å². The van der Waals surface area contributed by atoms with Crippen LogP contribution in [0, 0.1) is 0 Å². The van der Waals surface area contributed by atoms with Crippen molar-refractivity contribution < 1.29 is 4.79 Å². The van der Waals surface area contributed by atoms with Crippen molar-refractivity contribution in [2.75, 3.05) is 5.32 Å². The van der Waals surface area contributed by atoms with Crippen LogP contribution in [0.5, 0.6) is 0 Å². The summed E-state index contributed by atoms with van der Waals surface area (Å²) in [7, 11) is 0. The van der Waals surface area contributed by atoms with E-state index in [1.54, 1.807) is 0 Å². The zero-order chi connectivity index (χ0) is 14.9. The number of nitrogens with one attached hydrogen (secondary N) is 1. The summed E-state index contributed by atoms with van der Waals surface area (Å²) in [5.41, 5.74) is 8.84. The molecule has 1 aromatic carbocycles. The highest BCUT2D eigenvalue weighted by Gasteiger charge is 2.40. The Morgan fingerprint density at radius 3 is 2.30 bits per heavy atom. The zero-order valence-corrected chi connectivity index (χ0v) is 13.0. The van der Waals surface area contributed by atoms with E-state index in [0.717, 1.165) is 24.9 Å². The molecule has 1 amide bonds. The summed E-state index contributed by atoms with van der Waals surface area (Å²) in [5.74, 6) is 0.826. The highest BCUT2D eigenvalue weighted by atomic mass is 16.2. The minimum absolute atomic E-state index is 0.0389. The predicted octanol–water partition coefficient (Wildman–Crippen LogP) is 3.75. The van der Waals surface area contributed by atoms with E-state index in [2.05, 4.69) is 45.1 Å². The van der Waals surface area contributed by atoms with Gasteiger partial charge in [-0.05, 0) is 48.3 Å². The number of carbonyl (C=O) groups is 1. The average Bonchev–Trinajstić information content (AvgIpc) is 2.35. The molecule has 0 bridgehead atoms. The SMILES string of the molecule is CC(C)c1ccc(NC(=O)C2(N)CCC2)c(C(C)C)c1. The van der Waals surface area contributed by atoms with Gasteiger partial charge in [-0.15, -0.1) is 0 Å². The number of rotatable bonds is 4. The van der Waals surface area contributed by atoms with Crippen LogP contribution in [0.4, 0.5) is 5.69 Å². The minimum atomic E-state index is -0.648. The first-order valence-electron chi connectivity index (χ1n) is 7.57. The quantitative estimate of drug-likeness (QED) is 0.878. The molecule has 1 saturated carbocycles. The first-order valence-corrected chi connectivity index (χ1v) is 7.57. The van der Waals surface area contributed by atoms with Crippen molar-refractivity contribution in [2.24, 2.45) is 5.73 Å². The summed E-state index contributed by atoms with van der Waals surface area (Å²) < 4.78 is 0. The molecule has 3 heteroatoms. The Hall–Kier alpha value is -1.35. The van der Waals surface area contributed by atoms with Crippen LogP contribution in [0.3, 0.4) is 0 Å². The van der Waals surface area contributed by atoms with Gasteiger partial charge in [0.15, 0.2) is 0 Å². The molecule has 0 heterocycles. The van der Waals surface area contributed by atoms with Crippen LogP contribution in [-0.2, 0) is 4.79 Å². The van der Waals surface area contributed by atoms with Gasteiger partial charge in [0.05, 0.1) is 5.54 Å². The molecule has 0 aliphatic heterocycles. The molecule has 1 aliphatic rings. The maximum Gasteiger partial charge on any atom is 0.244 e. The fourth-order valence-corrected chi connectivity index (χ4v) is 2.56. The molecule has 1 aliphatic carbocycles. The summed E-state index contributed by atoms with van der Waals surface area (Å²) in [6.07, 6.45) is 2.63. The molecule has 20 heavy (non-hydrogen) atoms. The van der Waals surface area contributed by atoms with E-state index in [9.17, 15) is 4.79 Å². The van der Waals surface area contributed by atoms with Crippen LogP contribution in [0.2, 0.25) is 0 Å². The van der Waals surface area contributed by atoms with E-state index in [4.69, 9.17) is 5.73 Å². The van der Waals surface area contributed by atoms with Crippen molar-refractivity contribution in [1.29, 1.82) is 0 Å². The lowest BCUT2D eigenvalue weighted by atomic mass is 9.77. The summed E-state index contributed by atoms with van der Waals surface area (Å²) in [6, 6.07) is 6.32.